The van der Waals surface area contributed by atoms with Gasteiger partial charge in [0.25, 0.3) is 0 Å². The number of para-hydroxylation sites is 1. The van der Waals surface area contributed by atoms with E-state index in [-0.39, 0.29) is 0 Å². The summed E-state index contributed by atoms with van der Waals surface area (Å²) in [5.74, 6) is 0. The topological polar surface area (TPSA) is 32.5 Å². The van der Waals surface area contributed by atoms with Crippen LogP contribution in [-0.2, 0) is 6.42 Å². The number of rotatable bonds is 5. The summed E-state index contributed by atoms with van der Waals surface area (Å²) in [4.78, 5) is 4.92. The van der Waals surface area contributed by atoms with Crippen molar-refractivity contribution in [2.45, 2.75) is 25.8 Å². The lowest BCUT2D eigenvalue weighted by atomic mass is 10.1. The van der Waals surface area contributed by atoms with Crippen LogP contribution in [0.5, 0.6) is 0 Å². The van der Waals surface area contributed by atoms with Crippen molar-refractivity contribution in [2.24, 2.45) is 5.73 Å². The highest BCUT2D eigenvalue weighted by Gasteiger charge is 2.26. The van der Waals surface area contributed by atoms with Gasteiger partial charge in [-0.3, -0.25) is 0 Å². The summed E-state index contributed by atoms with van der Waals surface area (Å²) in [7, 11) is 2.19. The molecule has 18 heavy (non-hydrogen) atoms. The Hall–Kier alpha value is -1.06. The van der Waals surface area contributed by atoms with Crippen molar-refractivity contribution in [2.75, 3.05) is 38.1 Å². The number of benzene rings is 1. The summed E-state index contributed by atoms with van der Waals surface area (Å²) in [6.45, 7) is 6.27. The minimum absolute atomic E-state index is 0.651. The van der Waals surface area contributed by atoms with Crippen LogP contribution < -0.4 is 10.6 Å². The Balaban J connectivity index is 2.04. The molecule has 0 radical (unpaired) electrons. The van der Waals surface area contributed by atoms with Crippen LogP contribution in [0.1, 0.15) is 18.9 Å². The van der Waals surface area contributed by atoms with E-state index in [0.29, 0.717) is 6.04 Å². The summed E-state index contributed by atoms with van der Waals surface area (Å²) in [5, 5.41) is 0. The molecule has 0 amide bonds. The monoisotopic (exact) mass is 247 g/mol. The Kier molecular flexibility index (Phi) is 4.61. The van der Waals surface area contributed by atoms with Gasteiger partial charge in [0.05, 0.1) is 0 Å². The van der Waals surface area contributed by atoms with Gasteiger partial charge in [0.2, 0.25) is 0 Å². The molecule has 0 saturated carbocycles. The highest BCUT2D eigenvalue weighted by Crippen LogP contribution is 2.26. The fraction of sp³-hybridized carbons (Fsp3) is 0.600. The van der Waals surface area contributed by atoms with E-state index in [4.69, 9.17) is 5.73 Å². The highest BCUT2D eigenvalue weighted by atomic mass is 15.2. The number of anilines is 1. The number of hydrogen-bond acceptors (Lipinski definition) is 3. The fourth-order valence-corrected chi connectivity index (χ4v) is 2.82. The molecule has 1 atom stereocenters. The van der Waals surface area contributed by atoms with E-state index in [2.05, 4.69) is 48.0 Å². The lowest BCUT2D eigenvalue weighted by Gasteiger charge is -2.25. The predicted molar refractivity (Wildman–Crippen MR) is 78.1 cm³/mol. The quantitative estimate of drug-likeness (QED) is 0.860. The summed E-state index contributed by atoms with van der Waals surface area (Å²) >= 11 is 0. The van der Waals surface area contributed by atoms with E-state index < -0.39 is 0 Å². The zero-order valence-electron chi connectivity index (χ0n) is 11.6. The first-order chi connectivity index (χ1) is 8.76. The molecule has 1 aliphatic rings. The molecule has 1 unspecified atom stereocenters. The van der Waals surface area contributed by atoms with Crippen LogP contribution in [0, 0.1) is 0 Å². The van der Waals surface area contributed by atoms with Gasteiger partial charge in [-0.25, -0.2) is 0 Å². The third-order valence-corrected chi connectivity index (χ3v) is 3.98. The van der Waals surface area contributed by atoms with Crippen LogP contribution >= 0.6 is 0 Å². The standard InChI is InChI=1S/C15H25N3/c1-3-13-6-4-5-7-15(13)18-10-8-14(12-18)17(2)11-9-16/h4-7,14H,3,8-12,16H2,1-2H3. The molecule has 2 N–H and O–H groups in total. The van der Waals surface area contributed by atoms with E-state index >= 15 is 0 Å². The lowest BCUT2D eigenvalue weighted by molar-refractivity contribution is 0.266. The van der Waals surface area contributed by atoms with Crippen LogP contribution in [0.25, 0.3) is 0 Å². The van der Waals surface area contributed by atoms with Crippen molar-refractivity contribution >= 4 is 5.69 Å². The van der Waals surface area contributed by atoms with Crippen molar-refractivity contribution in [3.05, 3.63) is 29.8 Å². The van der Waals surface area contributed by atoms with Gasteiger partial charge in [0.1, 0.15) is 0 Å². The van der Waals surface area contributed by atoms with E-state index in [1.54, 1.807) is 0 Å². The van der Waals surface area contributed by atoms with Crippen LogP contribution in [0.4, 0.5) is 5.69 Å². The molecular weight excluding hydrogens is 222 g/mol. The van der Waals surface area contributed by atoms with Crippen LogP contribution in [0.3, 0.4) is 0 Å². The third kappa shape index (κ3) is 2.85. The Morgan fingerprint density at radius 2 is 2.17 bits per heavy atom. The lowest BCUT2D eigenvalue weighted by Crippen LogP contribution is -2.37. The largest absolute Gasteiger partial charge is 0.370 e. The normalized spacial score (nSPS) is 19.8. The molecule has 2 rings (SSSR count). The molecule has 0 aromatic heterocycles. The second-order valence-electron chi connectivity index (χ2n) is 5.14. The molecule has 1 fully saturated rings. The van der Waals surface area contributed by atoms with Crippen molar-refractivity contribution in [3.63, 3.8) is 0 Å². The molecule has 0 bridgehead atoms. The Morgan fingerprint density at radius 3 is 2.89 bits per heavy atom. The van der Waals surface area contributed by atoms with E-state index in [9.17, 15) is 0 Å². The van der Waals surface area contributed by atoms with E-state index in [1.807, 2.05) is 0 Å². The maximum absolute atomic E-state index is 5.63. The van der Waals surface area contributed by atoms with Gasteiger partial charge in [-0.05, 0) is 31.5 Å². The predicted octanol–water partition coefficient (Wildman–Crippen LogP) is 1.72. The SMILES string of the molecule is CCc1ccccc1N1CCC(N(C)CCN)C1. The average molecular weight is 247 g/mol. The Morgan fingerprint density at radius 1 is 1.39 bits per heavy atom. The van der Waals surface area contributed by atoms with Crippen molar-refractivity contribution < 1.29 is 0 Å². The molecule has 1 aromatic carbocycles. The van der Waals surface area contributed by atoms with Gasteiger partial charge in [-0.2, -0.15) is 0 Å². The van der Waals surface area contributed by atoms with Crippen molar-refractivity contribution in [3.8, 4) is 0 Å². The highest BCUT2D eigenvalue weighted by molar-refractivity contribution is 5.54. The zero-order valence-corrected chi connectivity index (χ0v) is 11.6. The maximum atomic E-state index is 5.63. The molecule has 1 aliphatic heterocycles. The number of nitrogens with zero attached hydrogens (tertiary/aromatic N) is 2. The van der Waals surface area contributed by atoms with Crippen LogP contribution in [-0.4, -0.2) is 44.2 Å². The summed E-state index contributed by atoms with van der Waals surface area (Å²) in [5.41, 5.74) is 8.51. The molecule has 1 aromatic rings. The first-order valence-corrected chi connectivity index (χ1v) is 6.99. The van der Waals surface area contributed by atoms with Gasteiger partial charge >= 0.3 is 0 Å². The first-order valence-electron chi connectivity index (χ1n) is 6.99. The molecule has 3 heteroatoms. The fourth-order valence-electron chi connectivity index (χ4n) is 2.82. The zero-order chi connectivity index (χ0) is 13.0. The van der Waals surface area contributed by atoms with Gasteiger partial charge < -0.3 is 15.5 Å². The Labute approximate surface area is 111 Å². The second-order valence-corrected chi connectivity index (χ2v) is 5.14. The molecular formula is C15H25N3. The average Bonchev–Trinajstić information content (AvgIpc) is 2.88. The summed E-state index contributed by atoms with van der Waals surface area (Å²) in [6.07, 6.45) is 2.35. The number of aryl methyl sites for hydroxylation is 1. The summed E-state index contributed by atoms with van der Waals surface area (Å²) in [6, 6.07) is 9.43. The molecule has 100 valence electrons. The van der Waals surface area contributed by atoms with Gasteiger partial charge in [0.15, 0.2) is 0 Å². The van der Waals surface area contributed by atoms with Gasteiger partial charge in [-0.1, -0.05) is 25.1 Å². The van der Waals surface area contributed by atoms with Crippen LogP contribution in [0.15, 0.2) is 24.3 Å². The smallest absolute Gasteiger partial charge is 0.0399 e. The van der Waals surface area contributed by atoms with Gasteiger partial charge in [0, 0.05) is 37.9 Å². The van der Waals surface area contributed by atoms with Crippen LogP contribution in [0.2, 0.25) is 0 Å². The molecule has 1 saturated heterocycles. The van der Waals surface area contributed by atoms with E-state index in [1.165, 1.54) is 17.7 Å². The molecule has 1 heterocycles. The minimum Gasteiger partial charge on any atom is -0.370 e. The molecule has 0 aliphatic carbocycles. The third-order valence-electron chi connectivity index (χ3n) is 3.98. The number of likely N-dealkylation sites (N-methyl/N-ethyl adjacent to an activating group) is 1. The Bertz CT molecular complexity index is 378. The number of hydrogen-bond donors (Lipinski definition) is 1. The van der Waals surface area contributed by atoms with Crippen molar-refractivity contribution in [1.29, 1.82) is 0 Å². The maximum Gasteiger partial charge on any atom is 0.0399 e. The second kappa shape index (κ2) is 6.21. The number of nitrogens with two attached hydrogens (primary N) is 1. The molecule has 0 spiro atoms. The first kappa shape index (κ1) is 13.4. The molecule has 3 nitrogen and oxygen atoms in total. The van der Waals surface area contributed by atoms with Crippen molar-refractivity contribution in [1.82, 2.24) is 4.90 Å². The van der Waals surface area contributed by atoms with E-state index in [0.717, 1.165) is 32.6 Å². The summed E-state index contributed by atoms with van der Waals surface area (Å²) < 4.78 is 0. The minimum atomic E-state index is 0.651. The van der Waals surface area contributed by atoms with Gasteiger partial charge in [-0.15, -0.1) is 0 Å².